The zero-order chi connectivity index (χ0) is 15.5. The summed E-state index contributed by atoms with van der Waals surface area (Å²) in [5.74, 6) is -1.36. The number of hydrogen-bond acceptors (Lipinski definition) is 6. The molecule has 0 unspecified atom stereocenters. The summed E-state index contributed by atoms with van der Waals surface area (Å²) < 4.78 is 28.0. The number of anilines is 1. The van der Waals surface area contributed by atoms with Crippen LogP contribution in [0.5, 0.6) is 0 Å². The molecule has 1 heterocycles. The van der Waals surface area contributed by atoms with Gasteiger partial charge >= 0.3 is 5.97 Å². The average Bonchev–Trinajstić information content (AvgIpc) is 2.91. The second-order valence-electron chi connectivity index (χ2n) is 4.12. The van der Waals surface area contributed by atoms with Crippen molar-refractivity contribution in [2.75, 3.05) is 12.3 Å². The third kappa shape index (κ3) is 3.55. The lowest BCUT2D eigenvalue weighted by Crippen LogP contribution is -2.29. The third-order valence-corrected chi connectivity index (χ3v) is 4.15. The lowest BCUT2D eigenvalue weighted by molar-refractivity contribution is 0.0692. The largest absolute Gasteiger partial charge is 0.478 e. The van der Waals surface area contributed by atoms with Gasteiger partial charge < -0.3 is 10.8 Å². The van der Waals surface area contributed by atoms with Gasteiger partial charge in [-0.25, -0.2) is 17.9 Å². The summed E-state index contributed by atoms with van der Waals surface area (Å²) in [4.78, 5) is 10.8. The molecule has 9 nitrogen and oxygen atoms in total. The first kappa shape index (κ1) is 14.9. The van der Waals surface area contributed by atoms with Gasteiger partial charge in [-0.2, -0.15) is 0 Å². The number of carbonyl (C=O) groups is 1. The van der Waals surface area contributed by atoms with Gasteiger partial charge in [0, 0.05) is 18.4 Å². The Bertz CT molecular complexity index is 742. The Balaban J connectivity index is 2.17. The molecule has 10 heteroatoms. The fraction of sp³-hybridized carbons (Fsp3) is 0.182. The number of aromatic nitrogens is 3. The van der Waals surface area contributed by atoms with Crippen molar-refractivity contribution in [2.45, 2.75) is 11.4 Å². The van der Waals surface area contributed by atoms with Gasteiger partial charge in [-0.15, -0.1) is 5.10 Å². The molecule has 112 valence electrons. The minimum absolute atomic E-state index is 0.0507. The molecular formula is C11H13N5O4S. The molecule has 0 bridgehead atoms. The summed E-state index contributed by atoms with van der Waals surface area (Å²) in [6, 6.07) is 3.60. The summed E-state index contributed by atoms with van der Waals surface area (Å²) in [7, 11) is -3.95. The molecule has 0 saturated carbocycles. The number of benzene rings is 1. The van der Waals surface area contributed by atoms with E-state index in [4.69, 9.17) is 10.8 Å². The minimum atomic E-state index is -3.95. The van der Waals surface area contributed by atoms with Crippen molar-refractivity contribution in [3.8, 4) is 0 Å². The fourth-order valence-corrected chi connectivity index (χ4v) is 2.87. The van der Waals surface area contributed by atoms with E-state index in [1.165, 1.54) is 16.9 Å². The van der Waals surface area contributed by atoms with Crippen molar-refractivity contribution < 1.29 is 18.3 Å². The molecule has 0 radical (unpaired) electrons. The molecule has 0 fully saturated rings. The molecule has 2 rings (SSSR count). The van der Waals surface area contributed by atoms with Crippen molar-refractivity contribution >= 4 is 21.7 Å². The van der Waals surface area contributed by atoms with Gasteiger partial charge in [0.2, 0.25) is 10.0 Å². The molecule has 1 aromatic carbocycles. The van der Waals surface area contributed by atoms with Crippen molar-refractivity contribution in [3.05, 3.63) is 36.2 Å². The van der Waals surface area contributed by atoms with Crippen LogP contribution in [-0.2, 0) is 16.6 Å². The summed E-state index contributed by atoms with van der Waals surface area (Å²) in [5.41, 5.74) is 5.28. The number of carboxylic acid groups (broad SMARTS) is 1. The van der Waals surface area contributed by atoms with E-state index in [0.717, 1.165) is 12.1 Å². The maximum absolute atomic E-state index is 12.1. The van der Waals surface area contributed by atoms with Crippen LogP contribution in [0.2, 0.25) is 0 Å². The molecule has 21 heavy (non-hydrogen) atoms. The highest BCUT2D eigenvalue weighted by atomic mass is 32.2. The highest BCUT2D eigenvalue weighted by molar-refractivity contribution is 7.89. The zero-order valence-electron chi connectivity index (χ0n) is 10.8. The van der Waals surface area contributed by atoms with E-state index < -0.39 is 16.0 Å². The van der Waals surface area contributed by atoms with E-state index in [9.17, 15) is 13.2 Å². The second kappa shape index (κ2) is 5.89. The van der Waals surface area contributed by atoms with Gasteiger partial charge in [-0.1, -0.05) is 5.21 Å². The summed E-state index contributed by atoms with van der Waals surface area (Å²) >= 11 is 0. The van der Waals surface area contributed by atoms with E-state index >= 15 is 0 Å². The smallest absolute Gasteiger partial charge is 0.337 e. The number of nitrogens with two attached hydrogens (primary N) is 1. The van der Waals surface area contributed by atoms with Crippen molar-refractivity contribution in [2.24, 2.45) is 0 Å². The number of nitrogens with one attached hydrogen (secondary N) is 1. The lowest BCUT2D eigenvalue weighted by Gasteiger charge is -2.10. The molecule has 0 atom stereocenters. The minimum Gasteiger partial charge on any atom is -0.478 e. The Morgan fingerprint density at radius 2 is 2.19 bits per heavy atom. The standard InChI is InChI=1S/C11H13N5O4S/c12-8-1-2-10(9(7-8)11(17)18)21(19,20)14-4-6-16-5-3-13-15-16/h1-3,5,7,14H,4,6,12H2,(H,17,18). The van der Waals surface area contributed by atoms with Gasteiger partial charge in [0.1, 0.15) is 0 Å². The monoisotopic (exact) mass is 311 g/mol. The molecule has 0 amide bonds. The first-order valence-corrected chi connectivity index (χ1v) is 7.35. The van der Waals surface area contributed by atoms with Crippen LogP contribution in [-0.4, -0.2) is 41.0 Å². The van der Waals surface area contributed by atoms with Crippen LogP contribution in [0.15, 0.2) is 35.5 Å². The van der Waals surface area contributed by atoms with Crippen molar-refractivity contribution in [3.63, 3.8) is 0 Å². The molecule has 0 aliphatic heterocycles. The lowest BCUT2D eigenvalue weighted by atomic mass is 10.2. The molecule has 1 aromatic heterocycles. The molecular weight excluding hydrogens is 298 g/mol. The molecule has 4 N–H and O–H groups in total. The van der Waals surface area contributed by atoms with Crippen LogP contribution in [0.4, 0.5) is 5.69 Å². The highest BCUT2D eigenvalue weighted by Gasteiger charge is 2.22. The molecule has 0 aliphatic carbocycles. The van der Waals surface area contributed by atoms with Gasteiger partial charge in [-0.3, -0.25) is 4.68 Å². The molecule has 0 spiro atoms. The van der Waals surface area contributed by atoms with E-state index in [0.29, 0.717) is 0 Å². The van der Waals surface area contributed by atoms with Crippen LogP contribution in [0.25, 0.3) is 0 Å². The number of sulfonamides is 1. The van der Waals surface area contributed by atoms with Crippen LogP contribution in [0.3, 0.4) is 0 Å². The van der Waals surface area contributed by atoms with Gasteiger partial charge in [0.15, 0.2) is 0 Å². The molecule has 0 saturated heterocycles. The maximum atomic E-state index is 12.1. The quantitative estimate of drug-likeness (QED) is 0.613. The van der Waals surface area contributed by atoms with Crippen LogP contribution >= 0.6 is 0 Å². The number of hydrogen-bond donors (Lipinski definition) is 3. The zero-order valence-corrected chi connectivity index (χ0v) is 11.6. The number of nitrogens with zero attached hydrogens (tertiary/aromatic N) is 3. The van der Waals surface area contributed by atoms with E-state index in [1.54, 1.807) is 6.20 Å². The normalized spacial score (nSPS) is 11.4. The Hall–Kier alpha value is -2.46. The predicted molar refractivity (Wildman–Crippen MR) is 73.0 cm³/mol. The fourth-order valence-electron chi connectivity index (χ4n) is 1.67. The third-order valence-electron chi connectivity index (χ3n) is 2.63. The molecule has 2 aromatic rings. The van der Waals surface area contributed by atoms with Crippen molar-refractivity contribution in [1.82, 2.24) is 19.7 Å². The topological polar surface area (TPSA) is 140 Å². The Kier molecular flexibility index (Phi) is 4.19. The Morgan fingerprint density at radius 1 is 1.43 bits per heavy atom. The van der Waals surface area contributed by atoms with Gasteiger partial charge in [0.05, 0.1) is 23.2 Å². The van der Waals surface area contributed by atoms with E-state index in [2.05, 4.69) is 15.0 Å². The number of nitrogen functional groups attached to an aromatic ring is 1. The van der Waals surface area contributed by atoms with Gasteiger partial charge in [0.25, 0.3) is 0 Å². The number of rotatable bonds is 6. The number of aromatic carboxylic acids is 1. The van der Waals surface area contributed by atoms with E-state index in [-0.39, 0.29) is 29.2 Å². The first-order chi connectivity index (χ1) is 9.90. The molecule has 0 aliphatic rings. The first-order valence-electron chi connectivity index (χ1n) is 5.87. The Morgan fingerprint density at radius 3 is 2.81 bits per heavy atom. The predicted octanol–water partition coefficient (Wildman–Crippen LogP) is -0.463. The van der Waals surface area contributed by atoms with Crippen molar-refractivity contribution in [1.29, 1.82) is 0 Å². The second-order valence-corrected chi connectivity index (χ2v) is 5.86. The van der Waals surface area contributed by atoms with E-state index in [1.807, 2.05) is 0 Å². The van der Waals surface area contributed by atoms with Gasteiger partial charge in [-0.05, 0) is 18.2 Å². The number of carboxylic acids is 1. The maximum Gasteiger partial charge on any atom is 0.337 e. The summed E-state index contributed by atoms with van der Waals surface area (Å²) in [5, 5.41) is 16.3. The van der Waals surface area contributed by atoms with Crippen LogP contribution in [0, 0.1) is 0 Å². The average molecular weight is 311 g/mol. The summed E-state index contributed by atoms with van der Waals surface area (Å²) in [6.45, 7) is 0.325. The Labute approximate surface area is 120 Å². The van der Waals surface area contributed by atoms with Crippen LogP contribution < -0.4 is 10.5 Å². The SMILES string of the molecule is Nc1ccc(S(=O)(=O)NCCn2ccnn2)c(C(=O)O)c1. The summed E-state index contributed by atoms with van der Waals surface area (Å²) in [6.07, 6.45) is 3.05. The highest BCUT2D eigenvalue weighted by Crippen LogP contribution is 2.18. The van der Waals surface area contributed by atoms with Crippen LogP contribution in [0.1, 0.15) is 10.4 Å².